The molecule has 352 valence electrons. The first-order chi connectivity index (χ1) is 31.4. The quantitative estimate of drug-likeness (QED) is 0.0563. The van der Waals surface area contributed by atoms with Gasteiger partial charge in [0.2, 0.25) is 17.7 Å². The van der Waals surface area contributed by atoms with Crippen molar-refractivity contribution in [3.63, 3.8) is 0 Å². The van der Waals surface area contributed by atoms with Crippen LogP contribution in [0.25, 0.3) is 10.4 Å². The van der Waals surface area contributed by atoms with Crippen molar-refractivity contribution >= 4 is 52.3 Å². The number of ether oxygens (including phenoxy) is 2. The zero-order chi connectivity index (χ0) is 47.8. The van der Waals surface area contributed by atoms with E-state index in [1.54, 1.807) is 41.7 Å². The minimum Gasteiger partial charge on any atom is -0.489 e. The van der Waals surface area contributed by atoms with Crippen molar-refractivity contribution in [3.05, 3.63) is 99.6 Å². The van der Waals surface area contributed by atoms with Crippen molar-refractivity contribution in [2.75, 3.05) is 31.6 Å². The van der Waals surface area contributed by atoms with Crippen LogP contribution in [0.3, 0.4) is 0 Å². The number of aliphatic hydroxyl groups excluding tert-OH is 1. The molecule has 66 heavy (non-hydrogen) atoms. The molecule has 2 aliphatic rings. The van der Waals surface area contributed by atoms with Crippen LogP contribution in [0.5, 0.6) is 5.75 Å². The number of hydrogen-bond acceptors (Lipinski definition) is 11. The number of amides is 4. The maximum absolute atomic E-state index is 13.8. The lowest BCUT2D eigenvalue weighted by Gasteiger charge is -2.63. The fourth-order valence-electron chi connectivity index (χ4n) is 9.33. The van der Waals surface area contributed by atoms with E-state index < -0.39 is 30.0 Å². The first kappa shape index (κ1) is 49.9. The Labute approximate surface area is 396 Å². The molecule has 14 nitrogen and oxygen atoms in total. The van der Waals surface area contributed by atoms with Crippen LogP contribution in [0.2, 0.25) is 5.02 Å². The second-order valence-corrected chi connectivity index (χ2v) is 20.0. The van der Waals surface area contributed by atoms with Crippen LogP contribution in [-0.4, -0.2) is 95.3 Å². The summed E-state index contributed by atoms with van der Waals surface area (Å²) in [6.07, 6.45) is 1.51. The highest BCUT2D eigenvalue weighted by molar-refractivity contribution is 7.13. The SMILES string of the molecule is Cc1ncsc1-c1ccc(CNC(=O)[C@@H]2C[C@@H](O)CN2C(=O)C(NC(=O)COCCCCCNc2ccc(C(=O)N[C@H]3C(C)(C)[C@H](Oc4ccc(C#N)c(Cl)c4)C3(C)C)cc2)C(C)C)cc1. The molecular formula is C50H62ClN7O7S. The van der Waals surface area contributed by atoms with Crippen molar-refractivity contribution in [3.8, 4) is 22.3 Å². The molecule has 1 saturated carbocycles. The number of aliphatic hydroxyl groups is 1. The van der Waals surface area contributed by atoms with Gasteiger partial charge in [0.05, 0.1) is 32.8 Å². The van der Waals surface area contributed by atoms with Crippen LogP contribution >= 0.6 is 22.9 Å². The van der Waals surface area contributed by atoms with Gasteiger partial charge in [-0.25, -0.2) is 4.98 Å². The number of nitriles is 1. The van der Waals surface area contributed by atoms with Crippen LogP contribution in [-0.2, 0) is 25.7 Å². The Hall–Kier alpha value is -5.53. The van der Waals surface area contributed by atoms with E-state index >= 15 is 0 Å². The Morgan fingerprint density at radius 2 is 1.71 bits per heavy atom. The van der Waals surface area contributed by atoms with E-state index in [4.69, 9.17) is 21.1 Å². The maximum Gasteiger partial charge on any atom is 0.251 e. The molecule has 3 aromatic carbocycles. The van der Waals surface area contributed by atoms with Crippen molar-refractivity contribution in [1.82, 2.24) is 25.8 Å². The first-order valence-corrected chi connectivity index (χ1v) is 23.8. The van der Waals surface area contributed by atoms with Crippen LogP contribution < -0.4 is 26.0 Å². The minimum atomic E-state index is -0.892. The Morgan fingerprint density at radius 3 is 2.35 bits per heavy atom. The number of anilines is 1. The topological polar surface area (TPSA) is 195 Å². The van der Waals surface area contributed by atoms with Gasteiger partial charge in [0, 0.05) is 66.9 Å². The number of carbonyl (C=O) groups is 4. The van der Waals surface area contributed by atoms with Gasteiger partial charge in [-0.1, -0.05) is 77.4 Å². The maximum atomic E-state index is 13.8. The van der Waals surface area contributed by atoms with E-state index in [0.717, 1.165) is 46.6 Å². The number of aryl methyl sites for hydroxylation is 1. The normalized spacial score (nSPS) is 19.9. The number of β-amino-alcohol motifs (C(OH)–C–C–N with tert-alkyl or cyclic N) is 1. The molecule has 2 fully saturated rings. The number of likely N-dealkylation sites (tertiary alicyclic amines) is 1. The summed E-state index contributed by atoms with van der Waals surface area (Å²) in [5, 5.41) is 32.4. The number of aromatic nitrogens is 1. The number of rotatable bonds is 20. The fourth-order valence-corrected chi connectivity index (χ4v) is 10.4. The highest BCUT2D eigenvalue weighted by Gasteiger charge is 2.64. The molecule has 4 amide bonds. The number of halogens is 1. The molecule has 4 aromatic rings. The third-order valence-corrected chi connectivity index (χ3v) is 13.9. The molecule has 5 N–H and O–H groups in total. The lowest BCUT2D eigenvalue weighted by atomic mass is 9.49. The Morgan fingerprint density at radius 1 is 1.00 bits per heavy atom. The molecule has 0 bridgehead atoms. The summed E-state index contributed by atoms with van der Waals surface area (Å²) in [6, 6.07) is 20.4. The molecule has 1 unspecified atom stereocenters. The van der Waals surface area contributed by atoms with E-state index in [-0.39, 0.29) is 66.8 Å². The minimum absolute atomic E-state index is 0.00264. The van der Waals surface area contributed by atoms with Gasteiger partial charge in [0.15, 0.2) is 0 Å². The Balaban J connectivity index is 0.864. The van der Waals surface area contributed by atoms with E-state index in [1.807, 2.05) is 62.7 Å². The van der Waals surface area contributed by atoms with E-state index in [0.29, 0.717) is 35.1 Å². The number of nitrogens with zero attached hydrogens (tertiary/aromatic N) is 3. The van der Waals surface area contributed by atoms with E-state index in [9.17, 15) is 29.5 Å². The lowest BCUT2D eigenvalue weighted by Crippen LogP contribution is -2.74. The molecule has 1 saturated heterocycles. The van der Waals surface area contributed by atoms with Gasteiger partial charge in [0.1, 0.15) is 36.6 Å². The molecule has 1 aliphatic heterocycles. The fraction of sp³-hybridized carbons (Fsp3) is 0.480. The number of benzene rings is 3. The third kappa shape index (κ3) is 11.9. The molecule has 0 spiro atoms. The summed E-state index contributed by atoms with van der Waals surface area (Å²) in [5.74, 6) is -1.06. The average molecular weight is 941 g/mol. The van der Waals surface area contributed by atoms with Gasteiger partial charge in [0.25, 0.3) is 5.91 Å². The number of hydrogen-bond donors (Lipinski definition) is 5. The molecule has 1 aromatic heterocycles. The van der Waals surface area contributed by atoms with Crippen molar-refractivity contribution in [2.45, 2.75) is 111 Å². The molecule has 1 aliphatic carbocycles. The van der Waals surface area contributed by atoms with Crippen LogP contribution in [0, 0.1) is 35.0 Å². The highest BCUT2D eigenvalue weighted by atomic mass is 35.5. The van der Waals surface area contributed by atoms with Gasteiger partial charge < -0.3 is 40.7 Å². The van der Waals surface area contributed by atoms with E-state index in [2.05, 4.69) is 60.0 Å². The summed E-state index contributed by atoms with van der Waals surface area (Å²) < 4.78 is 12.0. The van der Waals surface area contributed by atoms with Crippen LogP contribution in [0.4, 0.5) is 5.69 Å². The summed E-state index contributed by atoms with van der Waals surface area (Å²) in [7, 11) is 0. The van der Waals surface area contributed by atoms with Gasteiger partial charge >= 0.3 is 0 Å². The van der Waals surface area contributed by atoms with Gasteiger partial charge in [-0.15, -0.1) is 11.3 Å². The molecule has 2 heterocycles. The second kappa shape index (κ2) is 21.8. The smallest absolute Gasteiger partial charge is 0.251 e. The number of unbranched alkanes of at least 4 members (excludes halogenated alkanes) is 2. The lowest BCUT2D eigenvalue weighted by molar-refractivity contribution is -0.164. The first-order valence-electron chi connectivity index (χ1n) is 22.5. The van der Waals surface area contributed by atoms with Crippen molar-refractivity contribution in [1.29, 1.82) is 5.26 Å². The molecule has 0 radical (unpaired) electrons. The van der Waals surface area contributed by atoms with Crippen molar-refractivity contribution in [2.24, 2.45) is 16.7 Å². The van der Waals surface area contributed by atoms with Gasteiger partial charge in [-0.05, 0) is 79.6 Å². The zero-order valence-electron chi connectivity index (χ0n) is 38.8. The monoisotopic (exact) mass is 939 g/mol. The third-order valence-electron chi connectivity index (χ3n) is 12.6. The average Bonchev–Trinajstić information content (AvgIpc) is 3.91. The highest BCUT2D eigenvalue weighted by Crippen LogP contribution is 2.55. The van der Waals surface area contributed by atoms with Gasteiger partial charge in [-0.2, -0.15) is 5.26 Å². The summed E-state index contributed by atoms with van der Waals surface area (Å²) in [4.78, 5) is 60.2. The molecule has 3 atom stereocenters. The number of thiazole rings is 1. The number of carbonyl (C=O) groups excluding carboxylic acids is 4. The Kier molecular flexibility index (Phi) is 16.5. The van der Waals surface area contributed by atoms with E-state index in [1.165, 1.54) is 4.90 Å². The van der Waals surface area contributed by atoms with Crippen LogP contribution in [0.15, 0.2) is 72.2 Å². The molecular weight excluding hydrogens is 878 g/mol. The molecule has 6 rings (SSSR count). The molecule has 16 heteroatoms. The largest absolute Gasteiger partial charge is 0.489 e. The number of nitrogens with one attached hydrogen (secondary N) is 4. The van der Waals surface area contributed by atoms with Gasteiger partial charge in [-0.3, -0.25) is 19.2 Å². The van der Waals surface area contributed by atoms with Crippen LogP contribution in [0.1, 0.15) is 94.4 Å². The second-order valence-electron chi connectivity index (χ2n) is 18.8. The summed E-state index contributed by atoms with van der Waals surface area (Å²) in [5.41, 5.74) is 5.82. The summed E-state index contributed by atoms with van der Waals surface area (Å²) in [6.45, 7) is 15.0. The predicted molar refractivity (Wildman–Crippen MR) is 256 cm³/mol. The Bertz CT molecular complexity index is 2360. The van der Waals surface area contributed by atoms with Crippen molar-refractivity contribution < 1.29 is 33.8 Å². The summed E-state index contributed by atoms with van der Waals surface area (Å²) >= 11 is 7.81. The standard InChI is InChI=1S/C50H62ClN7O7S/c1-30(2)42(46(63)58-27-37(59)23-40(58)45(62)54-26-32-11-13-33(14-12-32)43-31(3)55-29-66-43)56-41(60)28-64-22-10-8-9-21-53-36-18-15-34(16-19-36)44(61)57-47-49(4,5)48(50(47,6)7)65-38-20-17-35(25-52)39(51)24-38/h11-20,24,29-30,37,40,42,47-48,53,59H,8-10,21-23,26-28H2,1-7H3,(H,54,62)(H,56,60)(H,57,61)/t37-,40+,42?,47-,48-/m1/s1. The predicted octanol–water partition coefficient (Wildman–Crippen LogP) is 7.27. The zero-order valence-corrected chi connectivity index (χ0v) is 40.4.